The molecule has 1 N–H and O–H groups in total. The predicted octanol–water partition coefficient (Wildman–Crippen LogP) is 5.34. The van der Waals surface area contributed by atoms with E-state index in [1.165, 1.54) is 3.57 Å². The van der Waals surface area contributed by atoms with Gasteiger partial charge in [0.15, 0.2) is 0 Å². The van der Waals surface area contributed by atoms with Crippen LogP contribution in [-0.2, 0) is 0 Å². The molecule has 0 unspecified atom stereocenters. The molecule has 0 spiro atoms. The fraction of sp³-hybridized carbons (Fsp3) is 0.316. The molecule has 0 saturated carbocycles. The van der Waals surface area contributed by atoms with Gasteiger partial charge in [0.2, 0.25) is 0 Å². The van der Waals surface area contributed by atoms with Crippen LogP contribution in [0.15, 0.2) is 36.4 Å². The van der Waals surface area contributed by atoms with Crippen LogP contribution >= 0.6 is 22.6 Å². The Morgan fingerprint density at radius 3 is 2.52 bits per heavy atom. The van der Waals surface area contributed by atoms with Gasteiger partial charge < -0.3 is 10.1 Å². The van der Waals surface area contributed by atoms with Crippen molar-refractivity contribution in [3.63, 3.8) is 0 Å². The predicted molar refractivity (Wildman–Crippen MR) is 103 cm³/mol. The van der Waals surface area contributed by atoms with Crippen molar-refractivity contribution in [1.29, 1.82) is 0 Å². The minimum atomic E-state index is -0.119. The van der Waals surface area contributed by atoms with Gasteiger partial charge in [-0.15, -0.1) is 0 Å². The van der Waals surface area contributed by atoms with Crippen molar-refractivity contribution in [2.75, 3.05) is 11.9 Å². The van der Waals surface area contributed by atoms with E-state index >= 15 is 0 Å². The van der Waals surface area contributed by atoms with E-state index in [-0.39, 0.29) is 5.91 Å². The Balaban J connectivity index is 2.10. The van der Waals surface area contributed by atoms with Crippen LogP contribution in [0.5, 0.6) is 5.75 Å². The van der Waals surface area contributed by atoms with Crippen LogP contribution in [0, 0.1) is 17.4 Å². The number of amides is 1. The third kappa shape index (κ3) is 4.96. The van der Waals surface area contributed by atoms with Crippen molar-refractivity contribution >= 4 is 34.2 Å². The number of aryl methyl sites for hydroxylation is 2. The van der Waals surface area contributed by atoms with Gasteiger partial charge in [0, 0.05) is 14.8 Å². The second-order valence-electron chi connectivity index (χ2n) is 5.61. The Kier molecular flexibility index (Phi) is 6.45. The molecule has 2 rings (SSSR count). The lowest BCUT2D eigenvalue weighted by molar-refractivity contribution is 0.102. The van der Waals surface area contributed by atoms with Crippen LogP contribution in [0.1, 0.15) is 41.3 Å². The fourth-order valence-corrected chi connectivity index (χ4v) is 2.59. The minimum absolute atomic E-state index is 0.119. The summed E-state index contributed by atoms with van der Waals surface area (Å²) >= 11 is 2.32. The molecule has 0 aliphatic heterocycles. The van der Waals surface area contributed by atoms with Crippen molar-refractivity contribution in [3.05, 3.63) is 56.7 Å². The number of hydrogen-bond donors (Lipinski definition) is 1. The lowest BCUT2D eigenvalue weighted by Crippen LogP contribution is -2.12. The molecule has 0 aliphatic carbocycles. The van der Waals surface area contributed by atoms with Crippen molar-refractivity contribution in [2.24, 2.45) is 0 Å². The van der Waals surface area contributed by atoms with Crippen molar-refractivity contribution in [1.82, 2.24) is 0 Å². The van der Waals surface area contributed by atoms with E-state index in [2.05, 4.69) is 34.8 Å². The SMILES string of the molecule is CCCCOc1cccc(C(=O)Nc2cc(C)c(I)c(C)c2)c1. The smallest absolute Gasteiger partial charge is 0.255 e. The van der Waals surface area contributed by atoms with Gasteiger partial charge in [-0.25, -0.2) is 0 Å². The highest BCUT2D eigenvalue weighted by atomic mass is 127. The molecule has 3 nitrogen and oxygen atoms in total. The number of nitrogens with one attached hydrogen (secondary N) is 1. The Morgan fingerprint density at radius 1 is 1.17 bits per heavy atom. The number of carbonyl (C=O) groups excluding carboxylic acids is 1. The van der Waals surface area contributed by atoms with Gasteiger partial charge in [-0.1, -0.05) is 19.4 Å². The number of halogens is 1. The molecule has 0 fully saturated rings. The average Bonchev–Trinajstić information content (AvgIpc) is 2.53. The maximum Gasteiger partial charge on any atom is 0.255 e. The van der Waals surface area contributed by atoms with Crippen LogP contribution in [0.4, 0.5) is 5.69 Å². The van der Waals surface area contributed by atoms with Crippen LogP contribution in [0.3, 0.4) is 0 Å². The maximum atomic E-state index is 12.4. The highest BCUT2D eigenvalue weighted by Gasteiger charge is 2.09. The molecule has 0 bridgehead atoms. The van der Waals surface area contributed by atoms with E-state index in [0.29, 0.717) is 12.2 Å². The lowest BCUT2D eigenvalue weighted by atomic mass is 10.1. The normalized spacial score (nSPS) is 10.4. The maximum absolute atomic E-state index is 12.4. The molecule has 122 valence electrons. The summed E-state index contributed by atoms with van der Waals surface area (Å²) in [5, 5.41) is 2.96. The van der Waals surface area contributed by atoms with Crippen molar-refractivity contribution in [2.45, 2.75) is 33.6 Å². The van der Waals surface area contributed by atoms with Crippen molar-refractivity contribution in [3.8, 4) is 5.75 Å². The lowest BCUT2D eigenvalue weighted by Gasteiger charge is -2.11. The van der Waals surface area contributed by atoms with E-state index in [1.807, 2.05) is 38.1 Å². The number of carbonyl (C=O) groups is 1. The molecule has 0 aliphatic rings. The summed E-state index contributed by atoms with van der Waals surface area (Å²) in [6, 6.07) is 11.3. The van der Waals surface area contributed by atoms with Crippen molar-refractivity contribution < 1.29 is 9.53 Å². The zero-order valence-corrected chi connectivity index (χ0v) is 15.9. The monoisotopic (exact) mass is 423 g/mol. The molecule has 0 aromatic heterocycles. The zero-order chi connectivity index (χ0) is 16.8. The third-order valence-corrected chi connectivity index (χ3v) is 5.26. The van der Waals surface area contributed by atoms with Crippen LogP contribution in [0.2, 0.25) is 0 Å². The van der Waals surface area contributed by atoms with Gasteiger partial charge >= 0.3 is 0 Å². The van der Waals surface area contributed by atoms with Gasteiger partial charge in [-0.2, -0.15) is 0 Å². The third-order valence-electron chi connectivity index (χ3n) is 3.56. The van der Waals surface area contributed by atoms with E-state index in [4.69, 9.17) is 4.74 Å². The number of hydrogen-bond acceptors (Lipinski definition) is 2. The summed E-state index contributed by atoms with van der Waals surface area (Å²) in [5.74, 6) is 0.618. The largest absolute Gasteiger partial charge is 0.494 e. The summed E-state index contributed by atoms with van der Waals surface area (Å²) in [6.07, 6.45) is 2.10. The molecule has 0 atom stereocenters. The standard InChI is InChI=1S/C19H22INO2/c1-4-5-9-23-17-8-6-7-15(12-17)19(22)21-16-10-13(2)18(20)14(3)11-16/h6-8,10-12H,4-5,9H2,1-3H3,(H,21,22). The number of ether oxygens (including phenoxy) is 1. The van der Waals surface area contributed by atoms with E-state index in [0.717, 1.165) is 35.4 Å². The summed E-state index contributed by atoms with van der Waals surface area (Å²) < 4.78 is 6.89. The molecular formula is C19H22INO2. The second kappa shape index (κ2) is 8.34. The Labute approximate surface area is 151 Å². The molecule has 4 heteroatoms. The van der Waals surface area contributed by atoms with Crippen LogP contribution < -0.4 is 10.1 Å². The number of anilines is 1. The second-order valence-corrected chi connectivity index (χ2v) is 6.69. The fourth-order valence-electron chi connectivity index (χ4n) is 2.28. The number of rotatable bonds is 6. The molecule has 0 radical (unpaired) electrons. The summed E-state index contributed by atoms with van der Waals surface area (Å²) in [5.41, 5.74) is 3.76. The topological polar surface area (TPSA) is 38.3 Å². The number of unbranched alkanes of at least 4 members (excludes halogenated alkanes) is 1. The first kappa shape index (κ1) is 17.8. The first-order chi connectivity index (χ1) is 11.0. The Morgan fingerprint density at radius 2 is 1.87 bits per heavy atom. The van der Waals surface area contributed by atoms with Gasteiger partial charge in [0.05, 0.1) is 6.61 Å². The van der Waals surface area contributed by atoms with Crippen LogP contribution in [0.25, 0.3) is 0 Å². The molecule has 2 aromatic carbocycles. The molecule has 0 saturated heterocycles. The van der Waals surface area contributed by atoms with Gasteiger partial charge in [-0.05, 0) is 84.3 Å². The summed E-state index contributed by atoms with van der Waals surface area (Å²) in [6.45, 7) is 6.90. The van der Waals surface area contributed by atoms with Crippen LogP contribution in [-0.4, -0.2) is 12.5 Å². The van der Waals surface area contributed by atoms with E-state index in [1.54, 1.807) is 12.1 Å². The van der Waals surface area contributed by atoms with Gasteiger partial charge in [0.25, 0.3) is 5.91 Å². The number of benzene rings is 2. The molecule has 2 aromatic rings. The zero-order valence-electron chi connectivity index (χ0n) is 13.8. The summed E-state index contributed by atoms with van der Waals surface area (Å²) in [7, 11) is 0. The van der Waals surface area contributed by atoms with Gasteiger partial charge in [-0.3, -0.25) is 4.79 Å². The van der Waals surface area contributed by atoms with E-state index < -0.39 is 0 Å². The molecular weight excluding hydrogens is 401 g/mol. The summed E-state index contributed by atoms with van der Waals surface area (Å²) in [4.78, 5) is 12.4. The first-order valence-electron chi connectivity index (χ1n) is 7.82. The Hall–Kier alpha value is -1.56. The highest BCUT2D eigenvalue weighted by Crippen LogP contribution is 2.22. The molecule has 23 heavy (non-hydrogen) atoms. The van der Waals surface area contributed by atoms with Gasteiger partial charge in [0.1, 0.15) is 5.75 Å². The highest BCUT2D eigenvalue weighted by molar-refractivity contribution is 14.1. The minimum Gasteiger partial charge on any atom is -0.494 e. The first-order valence-corrected chi connectivity index (χ1v) is 8.90. The average molecular weight is 423 g/mol. The quantitative estimate of drug-likeness (QED) is 0.503. The molecule has 0 heterocycles. The van der Waals surface area contributed by atoms with E-state index in [9.17, 15) is 4.79 Å². The Bertz CT molecular complexity index is 675. The molecule has 1 amide bonds.